The lowest BCUT2D eigenvalue weighted by Gasteiger charge is -2.37. The van der Waals surface area contributed by atoms with Gasteiger partial charge in [0.15, 0.2) is 0 Å². The summed E-state index contributed by atoms with van der Waals surface area (Å²) in [6.07, 6.45) is 3.12. The zero-order valence-electron chi connectivity index (χ0n) is 13.6. The summed E-state index contributed by atoms with van der Waals surface area (Å²) in [6.45, 7) is 3.81. The van der Waals surface area contributed by atoms with E-state index in [1.165, 1.54) is 4.31 Å². The Morgan fingerprint density at radius 1 is 1.17 bits per heavy atom. The molecule has 2 fully saturated rings. The van der Waals surface area contributed by atoms with Gasteiger partial charge in [-0.05, 0) is 25.3 Å². The average Bonchev–Trinajstić information content (AvgIpc) is 2.45. The Kier molecular flexibility index (Phi) is 4.73. The zero-order chi connectivity index (χ0) is 16.4. The highest BCUT2D eigenvalue weighted by Crippen LogP contribution is 2.28. The zero-order valence-corrected chi connectivity index (χ0v) is 14.4. The number of hydrogen-bond acceptors (Lipinski definition) is 3. The van der Waals surface area contributed by atoms with Crippen LogP contribution in [0, 0.1) is 12.8 Å². The molecule has 1 heterocycles. The Bertz CT molecular complexity index is 675. The van der Waals surface area contributed by atoms with Crippen LogP contribution in [-0.4, -0.2) is 49.7 Å². The quantitative estimate of drug-likeness (QED) is 0.842. The van der Waals surface area contributed by atoms with E-state index >= 15 is 0 Å². The number of sulfonamides is 1. The first-order valence-electron chi connectivity index (χ1n) is 8.28. The van der Waals surface area contributed by atoms with Gasteiger partial charge in [-0.3, -0.25) is 4.79 Å². The molecular weight excluding hydrogens is 312 g/mol. The fourth-order valence-corrected chi connectivity index (χ4v) is 4.71. The second-order valence-corrected chi connectivity index (χ2v) is 8.57. The highest BCUT2D eigenvalue weighted by Gasteiger charge is 2.33. The van der Waals surface area contributed by atoms with Gasteiger partial charge in [-0.1, -0.05) is 36.2 Å². The smallest absolute Gasteiger partial charge is 0.225 e. The molecule has 1 aliphatic carbocycles. The number of carbonyl (C=O) groups excluding carboxylic acids is 1. The average molecular weight is 336 g/mol. The molecule has 0 aromatic heterocycles. The van der Waals surface area contributed by atoms with Crippen molar-refractivity contribution in [2.45, 2.75) is 31.9 Å². The van der Waals surface area contributed by atoms with Crippen molar-refractivity contribution in [2.75, 3.05) is 26.2 Å². The summed E-state index contributed by atoms with van der Waals surface area (Å²) in [5.41, 5.74) is 1.88. The number of amides is 1. The minimum Gasteiger partial charge on any atom is -0.340 e. The van der Waals surface area contributed by atoms with E-state index in [-0.39, 0.29) is 17.6 Å². The van der Waals surface area contributed by atoms with Gasteiger partial charge in [-0.15, -0.1) is 0 Å². The molecule has 3 rings (SSSR count). The molecule has 0 radical (unpaired) electrons. The number of hydrogen-bond donors (Lipinski definition) is 0. The van der Waals surface area contributed by atoms with Gasteiger partial charge in [0.05, 0.1) is 5.75 Å². The molecular formula is C17H24N2O3S. The molecule has 0 atom stereocenters. The molecule has 2 aliphatic rings. The second kappa shape index (κ2) is 6.61. The minimum absolute atomic E-state index is 0.0330. The van der Waals surface area contributed by atoms with Crippen LogP contribution < -0.4 is 0 Å². The predicted molar refractivity (Wildman–Crippen MR) is 89.3 cm³/mol. The van der Waals surface area contributed by atoms with Gasteiger partial charge < -0.3 is 4.90 Å². The van der Waals surface area contributed by atoms with Crippen LogP contribution in [0.4, 0.5) is 0 Å². The molecule has 23 heavy (non-hydrogen) atoms. The molecule has 6 heteroatoms. The van der Waals surface area contributed by atoms with Gasteiger partial charge in [0.25, 0.3) is 0 Å². The van der Waals surface area contributed by atoms with Crippen LogP contribution >= 0.6 is 0 Å². The number of piperazine rings is 1. The highest BCUT2D eigenvalue weighted by atomic mass is 32.2. The molecule has 1 saturated heterocycles. The molecule has 0 bridgehead atoms. The van der Waals surface area contributed by atoms with Crippen molar-refractivity contribution in [3.05, 3.63) is 35.4 Å². The monoisotopic (exact) mass is 336 g/mol. The van der Waals surface area contributed by atoms with Crippen LogP contribution in [0.1, 0.15) is 30.4 Å². The van der Waals surface area contributed by atoms with Gasteiger partial charge in [0.2, 0.25) is 15.9 Å². The van der Waals surface area contributed by atoms with E-state index in [1.807, 2.05) is 36.1 Å². The van der Waals surface area contributed by atoms with Crippen molar-refractivity contribution in [3.63, 3.8) is 0 Å². The molecule has 0 N–H and O–H groups in total. The number of aryl methyl sites for hydroxylation is 1. The van der Waals surface area contributed by atoms with Crippen molar-refractivity contribution in [1.82, 2.24) is 9.21 Å². The first-order chi connectivity index (χ1) is 11.0. The van der Waals surface area contributed by atoms with Crippen molar-refractivity contribution < 1.29 is 13.2 Å². The summed E-state index contributed by atoms with van der Waals surface area (Å²) in [6, 6.07) is 7.60. The number of carbonyl (C=O) groups is 1. The predicted octanol–water partition coefficient (Wildman–Crippen LogP) is 1.77. The van der Waals surface area contributed by atoms with E-state index in [1.54, 1.807) is 0 Å². The lowest BCUT2D eigenvalue weighted by Crippen LogP contribution is -2.52. The third kappa shape index (κ3) is 3.75. The lowest BCUT2D eigenvalue weighted by molar-refractivity contribution is -0.139. The summed E-state index contributed by atoms with van der Waals surface area (Å²) in [5, 5.41) is 0. The maximum absolute atomic E-state index is 12.6. The van der Waals surface area contributed by atoms with Crippen molar-refractivity contribution >= 4 is 15.9 Å². The lowest BCUT2D eigenvalue weighted by atomic mass is 9.84. The van der Waals surface area contributed by atoms with Crippen LogP contribution in [0.25, 0.3) is 0 Å². The fourth-order valence-electron chi connectivity index (χ4n) is 3.20. The van der Waals surface area contributed by atoms with Crippen LogP contribution in [0.2, 0.25) is 0 Å². The Hall–Kier alpha value is -1.40. The van der Waals surface area contributed by atoms with Gasteiger partial charge in [0, 0.05) is 32.1 Å². The van der Waals surface area contributed by atoms with E-state index in [0.29, 0.717) is 26.2 Å². The van der Waals surface area contributed by atoms with E-state index in [9.17, 15) is 13.2 Å². The minimum atomic E-state index is -3.32. The number of nitrogens with zero attached hydrogens (tertiary/aromatic N) is 2. The van der Waals surface area contributed by atoms with Crippen molar-refractivity contribution in [2.24, 2.45) is 5.92 Å². The maximum atomic E-state index is 12.6. The van der Waals surface area contributed by atoms with Crippen molar-refractivity contribution in [1.29, 1.82) is 0 Å². The SMILES string of the molecule is Cc1cccc(CS(=O)(=O)N2CCN(C(=O)C3CCC3)CC2)c1. The van der Waals surface area contributed by atoms with Gasteiger partial charge in [0.1, 0.15) is 0 Å². The van der Waals surface area contributed by atoms with Crippen LogP contribution in [0.5, 0.6) is 0 Å². The number of benzene rings is 1. The largest absolute Gasteiger partial charge is 0.340 e. The van der Waals surface area contributed by atoms with E-state index < -0.39 is 10.0 Å². The Morgan fingerprint density at radius 3 is 2.43 bits per heavy atom. The van der Waals surface area contributed by atoms with Gasteiger partial charge in [-0.25, -0.2) is 8.42 Å². The van der Waals surface area contributed by atoms with Crippen molar-refractivity contribution in [3.8, 4) is 0 Å². The molecule has 1 aromatic carbocycles. The second-order valence-electron chi connectivity index (χ2n) is 6.60. The van der Waals surface area contributed by atoms with E-state index in [0.717, 1.165) is 30.4 Å². The van der Waals surface area contributed by atoms with Crippen LogP contribution in [0.3, 0.4) is 0 Å². The molecule has 1 saturated carbocycles. The topological polar surface area (TPSA) is 57.7 Å². The Balaban J connectivity index is 1.58. The van der Waals surface area contributed by atoms with E-state index in [4.69, 9.17) is 0 Å². The highest BCUT2D eigenvalue weighted by molar-refractivity contribution is 7.88. The maximum Gasteiger partial charge on any atom is 0.225 e. The third-order valence-electron chi connectivity index (χ3n) is 4.83. The molecule has 0 spiro atoms. The molecule has 1 aliphatic heterocycles. The molecule has 1 aromatic rings. The van der Waals surface area contributed by atoms with Crippen LogP contribution in [-0.2, 0) is 20.6 Å². The summed E-state index contributed by atoms with van der Waals surface area (Å²) in [7, 11) is -3.32. The van der Waals surface area contributed by atoms with Crippen LogP contribution in [0.15, 0.2) is 24.3 Å². The normalized spacial score (nSPS) is 20.3. The summed E-state index contributed by atoms with van der Waals surface area (Å²) in [5.74, 6) is 0.433. The number of rotatable bonds is 4. The summed E-state index contributed by atoms with van der Waals surface area (Å²) in [4.78, 5) is 14.1. The molecule has 1 amide bonds. The summed E-state index contributed by atoms with van der Waals surface area (Å²) >= 11 is 0. The first-order valence-corrected chi connectivity index (χ1v) is 9.89. The third-order valence-corrected chi connectivity index (χ3v) is 6.68. The van der Waals surface area contributed by atoms with Gasteiger partial charge in [-0.2, -0.15) is 4.31 Å². The molecule has 5 nitrogen and oxygen atoms in total. The van der Waals surface area contributed by atoms with E-state index in [2.05, 4.69) is 0 Å². The summed E-state index contributed by atoms with van der Waals surface area (Å²) < 4.78 is 26.7. The standard InChI is InChI=1S/C17H24N2O3S/c1-14-4-2-5-15(12-14)13-23(21,22)19-10-8-18(9-11-19)17(20)16-6-3-7-16/h2,4-5,12,16H,3,6-11,13H2,1H3. The molecule has 126 valence electrons. The Labute approximate surface area is 138 Å². The first kappa shape index (κ1) is 16.5. The Morgan fingerprint density at radius 2 is 1.87 bits per heavy atom. The van der Waals surface area contributed by atoms with Gasteiger partial charge >= 0.3 is 0 Å². The fraction of sp³-hybridized carbons (Fsp3) is 0.588. The molecule has 0 unspecified atom stereocenters.